The Morgan fingerprint density at radius 1 is 1.20 bits per heavy atom. The molecule has 0 aromatic heterocycles. The predicted octanol–water partition coefficient (Wildman–Crippen LogP) is 4.99. The van der Waals surface area contributed by atoms with Gasteiger partial charge in [-0.1, -0.05) is 35.9 Å². The number of allylic oxidation sites excluding steroid dienone is 2. The van der Waals surface area contributed by atoms with Gasteiger partial charge in [0.05, 0.1) is 17.7 Å². The first kappa shape index (κ1) is 24.1. The molecule has 2 aliphatic rings. The van der Waals surface area contributed by atoms with Gasteiger partial charge in [0.25, 0.3) is 5.91 Å². The molecule has 0 saturated carbocycles. The molecule has 8 nitrogen and oxygen atoms in total. The molecule has 0 fully saturated rings. The minimum absolute atomic E-state index is 0.0650. The van der Waals surface area contributed by atoms with Gasteiger partial charge < -0.3 is 19.0 Å². The molecule has 2 aromatic rings. The van der Waals surface area contributed by atoms with Crippen LogP contribution < -0.4 is 14.2 Å². The van der Waals surface area contributed by atoms with Gasteiger partial charge in [-0.25, -0.2) is 0 Å². The van der Waals surface area contributed by atoms with Crippen LogP contribution in [-0.2, 0) is 16.1 Å². The second-order valence-corrected chi connectivity index (χ2v) is 8.06. The molecule has 0 aliphatic carbocycles. The zero-order valence-electron chi connectivity index (χ0n) is 19.3. The third-order valence-electron chi connectivity index (χ3n) is 5.17. The van der Waals surface area contributed by atoms with Crippen molar-refractivity contribution >= 4 is 35.3 Å². The van der Waals surface area contributed by atoms with Crippen molar-refractivity contribution in [3.05, 3.63) is 82.6 Å². The van der Waals surface area contributed by atoms with Gasteiger partial charge in [-0.15, -0.1) is 11.6 Å². The summed E-state index contributed by atoms with van der Waals surface area (Å²) >= 11 is 6.48. The first-order valence-electron chi connectivity index (χ1n) is 10.8. The summed E-state index contributed by atoms with van der Waals surface area (Å²) in [5.41, 5.74) is 1.65. The van der Waals surface area contributed by atoms with E-state index in [9.17, 15) is 4.79 Å². The smallest absolute Gasteiger partial charge is 0.282 e. The summed E-state index contributed by atoms with van der Waals surface area (Å²) in [6.45, 7) is 6.02. The Balaban J connectivity index is 1.47. The number of methoxy groups -OCH3 is 1. The number of hydrogen-bond donors (Lipinski definition) is 1. The van der Waals surface area contributed by atoms with Crippen molar-refractivity contribution < 1.29 is 23.8 Å². The second-order valence-electron chi connectivity index (χ2n) is 7.65. The third kappa shape index (κ3) is 5.22. The fourth-order valence-corrected chi connectivity index (χ4v) is 3.87. The first-order chi connectivity index (χ1) is 16.9. The average Bonchev–Trinajstić information content (AvgIpc) is 3.21. The number of amides is 1. The number of aliphatic imine (C=N–C) groups is 1. The second kappa shape index (κ2) is 10.5. The number of carbonyl (C=O) groups excluding carboxylic acids is 1. The van der Waals surface area contributed by atoms with E-state index in [4.69, 9.17) is 36.1 Å². The Bertz CT molecular complexity index is 1280. The van der Waals surface area contributed by atoms with Gasteiger partial charge in [0, 0.05) is 6.08 Å². The van der Waals surface area contributed by atoms with Crippen LogP contribution in [0.2, 0.25) is 5.02 Å². The van der Waals surface area contributed by atoms with Crippen LogP contribution in [0.25, 0.3) is 6.08 Å². The van der Waals surface area contributed by atoms with Crippen molar-refractivity contribution in [2.24, 2.45) is 4.99 Å². The Hall–Kier alpha value is -4.04. The van der Waals surface area contributed by atoms with E-state index < -0.39 is 5.91 Å². The predicted molar refractivity (Wildman–Crippen MR) is 134 cm³/mol. The number of carbonyl (C=O) groups is 1. The maximum atomic E-state index is 12.5. The lowest BCUT2D eigenvalue weighted by Gasteiger charge is -2.23. The molecule has 0 saturated heterocycles. The van der Waals surface area contributed by atoms with Crippen LogP contribution in [-0.4, -0.2) is 43.0 Å². The Morgan fingerprint density at radius 2 is 1.97 bits per heavy atom. The number of hydroxylamine groups is 2. The molecule has 2 aromatic carbocycles. The monoisotopic (exact) mass is 493 g/mol. The van der Waals surface area contributed by atoms with Gasteiger partial charge in [0.15, 0.2) is 23.2 Å². The summed E-state index contributed by atoms with van der Waals surface area (Å²) in [5.74, 6) is 1.68. The number of fused-ring (bicyclic) bond motifs is 1. The van der Waals surface area contributed by atoms with Crippen molar-refractivity contribution in [3.8, 4) is 17.2 Å². The van der Waals surface area contributed by atoms with Crippen LogP contribution in [0.4, 0.5) is 0 Å². The molecule has 2 aliphatic heterocycles. The highest BCUT2D eigenvalue weighted by atomic mass is 35.5. The number of para-hydroxylation sites is 1. The van der Waals surface area contributed by atoms with Gasteiger partial charge in [-0.05, 0) is 48.7 Å². The average molecular weight is 494 g/mol. The molecular weight excluding hydrogens is 470 g/mol. The highest BCUT2D eigenvalue weighted by Crippen LogP contribution is 2.37. The molecular formula is C26H24ClN3O5. The van der Waals surface area contributed by atoms with Crippen molar-refractivity contribution in [1.29, 1.82) is 5.41 Å². The SMILES string of the molecule is C=CCc1ccccc1OCCOc1c(Cl)cc(/C=C2/C(=N)N3OC(C)=CC3=NC2=O)cc1OC. The summed E-state index contributed by atoms with van der Waals surface area (Å²) in [5, 5.41) is 9.84. The summed E-state index contributed by atoms with van der Waals surface area (Å²) in [6, 6.07) is 11.0. The molecule has 9 heteroatoms. The molecule has 1 N–H and O–H groups in total. The van der Waals surface area contributed by atoms with Gasteiger partial charge >= 0.3 is 0 Å². The highest BCUT2D eigenvalue weighted by molar-refractivity contribution is 6.33. The minimum Gasteiger partial charge on any atom is -0.493 e. The van der Waals surface area contributed by atoms with Gasteiger partial charge in [0.2, 0.25) is 0 Å². The normalized spacial score (nSPS) is 15.9. The molecule has 0 unspecified atom stereocenters. The summed E-state index contributed by atoms with van der Waals surface area (Å²) < 4.78 is 17.2. The topological polar surface area (TPSA) is 93.4 Å². The standard InChI is InChI=1S/C26H24ClN3O5/c1-4-7-18-8-5-6-9-21(18)33-10-11-34-24-20(27)14-17(15-22(24)32-3)13-19-25(28)30-23(29-26(19)31)12-16(2)35-30/h4-6,8-9,12-15,28H,1,7,10-11H2,2-3H3/b19-13-,28-25?. The van der Waals surface area contributed by atoms with Gasteiger partial charge in [-0.2, -0.15) is 4.99 Å². The Morgan fingerprint density at radius 3 is 2.74 bits per heavy atom. The number of rotatable bonds is 9. The van der Waals surface area contributed by atoms with Crippen molar-refractivity contribution in [3.63, 3.8) is 0 Å². The van der Waals surface area contributed by atoms with Crippen molar-refractivity contribution in [1.82, 2.24) is 5.06 Å². The maximum Gasteiger partial charge on any atom is 0.282 e. The Kier molecular flexibility index (Phi) is 7.22. The van der Waals surface area contributed by atoms with Crippen molar-refractivity contribution in [2.75, 3.05) is 20.3 Å². The fraction of sp³-hybridized carbons (Fsp3) is 0.192. The largest absolute Gasteiger partial charge is 0.493 e. The molecule has 2 heterocycles. The molecule has 4 rings (SSSR count). The third-order valence-corrected chi connectivity index (χ3v) is 5.45. The summed E-state index contributed by atoms with van der Waals surface area (Å²) in [4.78, 5) is 21.9. The van der Waals surface area contributed by atoms with Crippen LogP contribution in [0.1, 0.15) is 18.1 Å². The molecule has 35 heavy (non-hydrogen) atoms. The Labute approximate surface area is 208 Å². The number of nitrogens with zero attached hydrogens (tertiary/aromatic N) is 2. The zero-order valence-corrected chi connectivity index (χ0v) is 20.1. The fourth-order valence-electron chi connectivity index (χ4n) is 3.59. The van der Waals surface area contributed by atoms with Crippen LogP contribution >= 0.6 is 11.6 Å². The van der Waals surface area contributed by atoms with E-state index in [-0.39, 0.29) is 28.9 Å². The molecule has 0 radical (unpaired) electrons. The number of nitrogens with one attached hydrogen (secondary N) is 1. The van der Waals surface area contributed by atoms with E-state index in [2.05, 4.69) is 11.6 Å². The van der Waals surface area contributed by atoms with E-state index in [0.29, 0.717) is 35.8 Å². The van der Waals surface area contributed by atoms with E-state index in [0.717, 1.165) is 11.3 Å². The quantitative estimate of drug-likeness (QED) is 0.300. The number of hydrogen-bond acceptors (Lipinski definition) is 6. The number of halogens is 1. The van der Waals surface area contributed by atoms with Crippen molar-refractivity contribution in [2.45, 2.75) is 13.3 Å². The van der Waals surface area contributed by atoms with Gasteiger partial charge in [0.1, 0.15) is 24.7 Å². The molecule has 0 bridgehead atoms. The lowest BCUT2D eigenvalue weighted by Crippen LogP contribution is -2.38. The molecule has 1 amide bonds. The maximum absolute atomic E-state index is 12.5. The number of amidine groups is 2. The van der Waals surface area contributed by atoms with E-state index in [1.807, 2.05) is 30.3 Å². The zero-order chi connectivity index (χ0) is 24.9. The van der Waals surface area contributed by atoms with Crippen LogP contribution in [0, 0.1) is 5.41 Å². The van der Waals surface area contributed by atoms with Crippen LogP contribution in [0.5, 0.6) is 17.2 Å². The first-order valence-corrected chi connectivity index (χ1v) is 11.2. The molecule has 0 atom stereocenters. The summed E-state index contributed by atoms with van der Waals surface area (Å²) in [6.07, 6.45) is 5.64. The highest BCUT2D eigenvalue weighted by Gasteiger charge is 2.34. The number of benzene rings is 2. The lowest BCUT2D eigenvalue weighted by atomic mass is 10.1. The van der Waals surface area contributed by atoms with Crippen LogP contribution in [0.3, 0.4) is 0 Å². The molecule has 0 spiro atoms. The van der Waals surface area contributed by atoms with Crippen LogP contribution in [0.15, 0.2) is 71.5 Å². The van der Waals surface area contributed by atoms with E-state index in [1.54, 1.807) is 25.1 Å². The summed E-state index contributed by atoms with van der Waals surface area (Å²) in [7, 11) is 1.49. The van der Waals surface area contributed by atoms with E-state index in [1.165, 1.54) is 18.2 Å². The number of ether oxygens (including phenoxy) is 3. The molecule has 180 valence electrons. The minimum atomic E-state index is -0.542. The lowest BCUT2D eigenvalue weighted by molar-refractivity contribution is -0.114. The van der Waals surface area contributed by atoms with Gasteiger partial charge in [-0.3, -0.25) is 10.2 Å². The van der Waals surface area contributed by atoms with E-state index >= 15 is 0 Å².